The van der Waals surface area contributed by atoms with Crippen molar-refractivity contribution in [3.63, 3.8) is 0 Å². The van der Waals surface area contributed by atoms with Gasteiger partial charge in [0.05, 0.1) is 11.1 Å². The molecule has 2 aliphatic heterocycles. The van der Waals surface area contributed by atoms with Crippen LogP contribution in [0, 0.1) is 5.92 Å². The fourth-order valence-electron chi connectivity index (χ4n) is 4.01. The van der Waals surface area contributed by atoms with Crippen molar-refractivity contribution < 1.29 is 19.2 Å². The third kappa shape index (κ3) is 3.95. The Morgan fingerprint density at radius 1 is 0.774 bits per heavy atom. The Kier molecular flexibility index (Phi) is 5.59. The van der Waals surface area contributed by atoms with E-state index in [1.165, 1.54) is 11.0 Å². The SMILES string of the molecule is CC(C)CN1C(=O)c2ccc(C(=O)N3CCN(C(=O)c4ccccc4)CC3)cc2C1=O. The maximum atomic E-state index is 13.0. The number of benzene rings is 2. The van der Waals surface area contributed by atoms with Gasteiger partial charge in [-0.05, 0) is 36.2 Å². The second kappa shape index (κ2) is 8.34. The molecule has 0 aliphatic carbocycles. The zero-order valence-electron chi connectivity index (χ0n) is 17.7. The minimum absolute atomic E-state index is 0.0421. The predicted molar refractivity (Wildman–Crippen MR) is 115 cm³/mol. The highest BCUT2D eigenvalue weighted by Gasteiger charge is 2.36. The number of carbonyl (C=O) groups excluding carboxylic acids is 4. The first kappa shape index (κ1) is 20.8. The van der Waals surface area contributed by atoms with Crippen molar-refractivity contribution in [2.75, 3.05) is 32.7 Å². The van der Waals surface area contributed by atoms with Gasteiger partial charge in [0, 0.05) is 43.9 Å². The number of hydrogen-bond acceptors (Lipinski definition) is 4. The van der Waals surface area contributed by atoms with Crippen LogP contribution in [0.3, 0.4) is 0 Å². The molecule has 160 valence electrons. The van der Waals surface area contributed by atoms with Gasteiger partial charge in [-0.15, -0.1) is 0 Å². The maximum Gasteiger partial charge on any atom is 0.261 e. The third-order valence-corrected chi connectivity index (χ3v) is 5.64. The molecular formula is C24H25N3O4. The van der Waals surface area contributed by atoms with Gasteiger partial charge < -0.3 is 9.80 Å². The van der Waals surface area contributed by atoms with Crippen LogP contribution in [0.2, 0.25) is 0 Å². The van der Waals surface area contributed by atoms with Crippen molar-refractivity contribution >= 4 is 23.6 Å². The van der Waals surface area contributed by atoms with Crippen LogP contribution < -0.4 is 0 Å². The number of imide groups is 1. The topological polar surface area (TPSA) is 78.0 Å². The van der Waals surface area contributed by atoms with Crippen molar-refractivity contribution in [2.45, 2.75) is 13.8 Å². The summed E-state index contributed by atoms with van der Waals surface area (Å²) in [5.74, 6) is -0.725. The van der Waals surface area contributed by atoms with E-state index in [4.69, 9.17) is 0 Å². The van der Waals surface area contributed by atoms with Crippen LogP contribution in [0.1, 0.15) is 55.3 Å². The molecule has 0 atom stereocenters. The average molecular weight is 419 g/mol. The minimum atomic E-state index is -0.346. The van der Waals surface area contributed by atoms with E-state index in [1.807, 2.05) is 32.0 Å². The predicted octanol–water partition coefficient (Wildman–Crippen LogP) is 2.54. The molecule has 4 amide bonds. The molecule has 0 radical (unpaired) electrons. The first-order valence-electron chi connectivity index (χ1n) is 10.5. The summed E-state index contributed by atoms with van der Waals surface area (Å²) in [5, 5.41) is 0. The lowest BCUT2D eigenvalue weighted by Crippen LogP contribution is -2.50. The molecule has 0 unspecified atom stereocenters. The van der Waals surface area contributed by atoms with E-state index < -0.39 is 0 Å². The van der Waals surface area contributed by atoms with Gasteiger partial charge in [0.2, 0.25) is 0 Å². The smallest absolute Gasteiger partial charge is 0.261 e. The second-order valence-corrected chi connectivity index (χ2v) is 8.33. The number of rotatable bonds is 4. The van der Waals surface area contributed by atoms with Crippen LogP contribution >= 0.6 is 0 Å². The molecule has 2 aliphatic rings. The van der Waals surface area contributed by atoms with Crippen LogP contribution in [0.15, 0.2) is 48.5 Å². The Morgan fingerprint density at radius 3 is 1.90 bits per heavy atom. The van der Waals surface area contributed by atoms with E-state index in [9.17, 15) is 19.2 Å². The summed E-state index contributed by atoms with van der Waals surface area (Å²) in [6, 6.07) is 13.8. The van der Waals surface area contributed by atoms with Crippen LogP contribution in [0.25, 0.3) is 0 Å². The van der Waals surface area contributed by atoms with Crippen molar-refractivity contribution in [3.05, 3.63) is 70.8 Å². The molecule has 0 aromatic heterocycles. The van der Waals surface area contributed by atoms with E-state index in [0.29, 0.717) is 49.4 Å². The Labute approximate surface area is 181 Å². The normalized spacial score (nSPS) is 16.2. The molecule has 7 heteroatoms. The zero-order valence-corrected chi connectivity index (χ0v) is 17.7. The van der Waals surface area contributed by atoms with Crippen LogP contribution in [0.4, 0.5) is 0 Å². The molecule has 4 rings (SSSR count). The van der Waals surface area contributed by atoms with E-state index >= 15 is 0 Å². The first-order chi connectivity index (χ1) is 14.9. The summed E-state index contributed by atoms with van der Waals surface area (Å²) >= 11 is 0. The van der Waals surface area contributed by atoms with Gasteiger partial charge in [0.25, 0.3) is 23.6 Å². The number of piperazine rings is 1. The molecule has 2 heterocycles. The Hall–Kier alpha value is -3.48. The summed E-state index contributed by atoms with van der Waals surface area (Å²) in [6.45, 7) is 5.98. The third-order valence-electron chi connectivity index (χ3n) is 5.64. The monoisotopic (exact) mass is 419 g/mol. The van der Waals surface area contributed by atoms with Crippen molar-refractivity contribution in [1.82, 2.24) is 14.7 Å². The highest BCUT2D eigenvalue weighted by Crippen LogP contribution is 2.25. The number of nitrogens with zero attached hydrogens (tertiary/aromatic N) is 3. The molecule has 2 aromatic rings. The van der Waals surface area contributed by atoms with Crippen molar-refractivity contribution in [1.29, 1.82) is 0 Å². The fourth-order valence-corrected chi connectivity index (χ4v) is 4.01. The molecular weight excluding hydrogens is 394 g/mol. The van der Waals surface area contributed by atoms with Gasteiger partial charge in [0.15, 0.2) is 0 Å². The Balaban J connectivity index is 1.44. The number of fused-ring (bicyclic) bond motifs is 1. The molecule has 0 bridgehead atoms. The summed E-state index contributed by atoms with van der Waals surface area (Å²) in [4.78, 5) is 55.5. The number of amides is 4. The lowest BCUT2D eigenvalue weighted by Gasteiger charge is -2.35. The van der Waals surface area contributed by atoms with Gasteiger partial charge in [0.1, 0.15) is 0 Å². The summed E-state index contributed by atoms with van der Waals surface area (Å²) < 4.78 is 0. The Morgan fingerprint density at radius 2 is 1.32 bits per heavy atom. The lowest BCUT2D eigenvalue weighted by atomic mass is 10.0. The van der Waals surface area contributed by atoms with E-state index in [0.717, 1.165) is 0 Å². The fraction of sp³-hybridized carbons (Fsp3) is 0.333. The van der Waals surface area contributed by atoms with Crippen molar-refractivity contribution in [3.8, 4) is 0 Å². The van der Waals surface area contributed by atoms with Crippen LogP contribution in [-0.4, -0.2) is 71.1 Å². The highest BCUT2D eigenvalue weighted by molar-refractivity contribution is 6.22. The summed E-state index contributed by atoms with van der Waals surface area (Å²) in [5.41, 5.74) is 1.65. The van der Waals surface area contributed by atoms with Crippen LogP contribution in [0.5, 0.6) is 0 Å². The average Bonchev–Trinajstić information content (AvgIpc) is 3.02. The summed E-state index contributed by atoms with van der Waals surface area (Å²) in [7, 11) is 0. The van der Waals surface area contributed by atoms with E-state index in [1.54, 1.807) is 34.1 Å². The van der Waals surface area contributed by atoms with Crippen molar-refractivity contribution in [2.24, 2.45) is 5.92 Å². The molecule has 7 nitrogen and oxygen atoms in total. The van der Waals surface area contributed by atoms with Gasteiger partial charge >= 0.3 is 0 Å². The zero-order chi connectivity index (χ0) is 22.1. The lowest BCUT2D eigenvalue weighted by molar-refractivity contribution is 0.0535. The number of carbonyl (C=O) groups is 4. The summed E-state index contributed by atoms with van der Waals surface area (Å²) in [6.07, 6.45) is 0. The molecule has 31 heavy (non-hydrogen) atoms. The van der Waals surface area contributed by atoms with E-state index in [2.05, 4.69) is 0 Å². The highest BCUT2D eigenvalue weighted by atomic mass is 16.2. The molecule has 0 N–H and O–H groups in total. The van der Waals surface area contributed by atoms with Gasteiger partial charge in [-0.3, -0.25) is 24.1 Å². The molecule has 2 aromatic carbocycles. The first-order valence-corrected chi connectivity index (χ1v) is 10.5. The molecule has 0 spiro atoms. The largest absolute Gasteiger partial charge is 0.335 e. The van der Waals surface area contributed by atoms with Gasteiger partial charge in [-0.2, -0.15) is 0 Å². The maximum absolute atomic E-state index is 13.0. The molecule has 1 fully saturated rings. The second-order valence-electron chi connectivity index (χ2n) is 8.33. The van der Waals surface area contributed by atoms with Gasteiger partial charge in [-0.25, -0.2) is 0 Å². The van der Waals surface area contributed by atoms with E-state index in [-0.39, 0.29) is 35.1 Å². The number of hydrogen-bond donors (Lipinski definition) is 0. The molecule has 0 saturated carbocycles. The minimum Gasteiger partial charge on any atom is -0.335 e. The van der Waals surface area contributed by atoms with Crippen LogP contribution in [-0.2, 0) is 0 Å². The standard InChI is InChI=1S/C24H25N3O4/c1-16(2)15-27-23(30)19-9-8-18(14-20(19)24(27)31)22(29)26-12-10-25(11-13-26)21(28)17-6-4-3-5-7-17/h3-9,14,16H,10-13,15H2,1-2H3. The quantitative estimate of drug-likeness (QED) is 0.714. The Bertz CT molecular complexity index is 1040. The molecule has 1 saturated heterocycles. The van der Waals surface area contributed by atoms with Gasteiger partial charge in [-0.1, -0.05) is 32.0 Å².